The van der Waals surface area contributed by atoms with E-state index in [1.54, 1.807) is 0 Å². The summed E-state index contributed by atoms with van der Waals surface area (Å²) in [4.78, 5) is 28.9. The number of carbonyl (C=O) groups excluding carboxylic acids is 1. The maximum Gasteiger partial charge on any atom is 0.411 e. The van der Waals surface area contributed by atoms with Crippen molar-refractivity contribution in [2.24, 2.45) is 0 Å². The summed E-state index contributed by atoms with van der Waals surface area (Å²) in [5.41, 5.74) is 0. The Hall–Kier alpha value is -1.59. The van der Waals surface area contributed by atoms with Crippen molar-refractivity contribution in [1.82, 2.24) is 5.32 Å². The number of nitrogens with one attached hydrogen (secondary N) is 1. The first kappa shape index (κ1) is 7.41. The molecule has 9 heavy (non-hydrogen) atoms. The maximum atomic E-state index is 9.86. The highest BCUT2D eigenvalue weighted by Crippen LogP contribution is 1.65. The van der Waals surface area contributed by atoms with Gasteiger partial charge in [-0.2, -0.15) is 0 Å². The van der Waals surface area contributed by atoms with Crippen molar-refractivity contribution in [2.75, 3.05) is 0 Å². The van der Waals surface area contributed by atoms with E-state index in [1.807, 2.05) is 0 Å². The summed E-state index contributed by atoms with van der Waals surface area (Å²) in [6.07, 6.45) is -1.68. The summed E-state index contributed by atoms with van der Waals surface area (Å²) in [5, 5.41) is 16.6. The monoisotopic (exact) mass is 133 g/mol. The van der Waals surface area contributed by atoms with Crippen LogP contribution in [0.15, 0.2) is 0 Å². The molecule has 6 nitrogen and oxygen atoms in total. The second kappa shape index (κ2) is 2.65. The van der Waals surface area contributed by atoms with Crippen LogP contribution in [0.3, 0.4) is 0 Å². The number of hydrogen-bond donors (Lipinski definition) is 3. The van der Waals surface area contributed by atoms with Gasteiger partial charge in [-0.1, -0.05) is 0 Å². The third-order valence-corrected chi connectivity index (χ3v) is 0.415. The van der Waals surface area contributed by atoms with E-state index >= 15 is 0 Å². The lowest BCUT2D eigenvalue weighted by Crippen LogP contribution is -2.34. The second-order valence-corrected chi connectivity index (χ2v) is 1.06. The van der Waals surface area contributed by atoms with Gasteiger partial charge in [0.05, 0.1) is 0 Å². The molecule has 0 aromatic heterocycles. The summed E-state index contributed by atoms with van der Waals surface area (Å²) in [7, 11) is 0. The van der Waals surface area contributed by atoms with Gasteiger partial charge < -0.3 is 10.2 Å². The first-order valence-corrected chi connectivity index (χ1v) is 1.81. The third-order valence-electron chi connectivity index (χ3n) is 0.415. The van der Waals surface area contributed by atoms with Crippen LogP contribution in [-0.2, 0) is 9.59 Å². The Labute approximate surface area is 49.1 Å². The van der Waals surface area contributed by atoms with E-state index in [-0.39, 0.29) is 0 Å². The van der Waals surface area contributed by atoms with Gasteiger partial charge in [0.25, 0.3) is 0 Å². The Morgan fingerprint density at radius 1 is 1.11 bits per heavy atom. The normalized spacial score (nSPS) is 8.00. The fourth-order valence-electron chi connectivity index (χ4n) is 0.151. The first-order chi connectivity index (χ1) is 4.04. The van der Waals surface area contributed by atoms with Crippen molar-refractivity contribution >= 4 is 18.0 Å². The SMILES string of the molecule is O=C(O)NC(=O)C(=O)O. The molecule has 0 aliphatic carbocycles. The molecular weight excluding hydrogens is 130 g/mol. The summed E-state index contributed by atoms with van der Waals surface area (Å²) < 4.78 is 0. The van der Waals surface area contributed by atoms with E-state index in [0.29, 0.717) is 0 Å². The van der Waals surface area contributed by atoms with Gasteiger partial charge in [0.2, 0.25) is 0 Å². The molecule has 3 N–H and O–H groups in total. The summed E-state index contributed by atoms with van der Waals surface area (Å²) >= 11 is 0. The highest BCUT2D eigenvalue weighted by molar-refractivity contribution is 6.34. The Morgan fingerprint density at radius 3 is 1.67 bits per heavy atom. The topological polar surface area (TPSA) is 104 Å². The summed E-state index contributed by atoms with van der Waals surface area (Å²) in [6, 6.07) is 0. The number of carboxylic acids is 1. The van der Waals surface area contributed by atoms with Crippen LogP contribution >= 0.6 is 0 Å². The van der Waals surface area contributed by atoms with E-state index in [1.165, 1.54) is 0 Å². The number of amides is 2. The number of aliphatic carboxylic acids is 1. The standard InChI is InChI=1S/C3H3NO5/c5-1(2(6)7)4-3(8)9/h(H,4,5)(H,6,7)(H,8,9). The Kier molecular flexibility index (Phi) is 2.18. The predicted molar refractivity (Wildman–Crippen MR) is 23.8 cm³/mol. The van der Waals surface area contributed by atoms with Crippen molar-refractivity contribution in [3.63, 3.8) is 0 Å². The highest BCUT2D eigenvalue weighted by Gasteiger charge is 2.12. The molecule has 0 aliphatic rings. The second-order valence-electron chi connectivity index (χ2n) is 1.06. The fourth-order valence-corrected chi connectivity index (χ4v) is 0.151. The first-order valence-electron chi connectivity index (χ1n) is 1.81. The molecule has 0 radical (unpaired) electrons. The van der Waals surface area contributed by atoms with Crippen LogP contribution in [0.5, 0.6) is 0 Å². The number of rotatable bonds is 0. The number of carbonyl (C=O) groups is 3. The molecule has 0 bridgehead atoms. The van der Waals surface area contributed by atoms with E-state index in [0.717, 1.165) is 5.32 Å². The molecule has 0 aromatic rings. The molecular formula is C3H3NO5. The van der Waals surface area contributed by atoms with E-state index in [4.69, 9.17) is 10.2 Å². The Morgan fingerprint density at radius 2 is 1.56 bits per heavy atom. The highest BCUT2D eigenvalue weighted by atomic mass is 16.4. The van der Waals surface area contributed by atoms with Crippen LogP contribution in [-0.4, -0.2) is 28.2 Å². The average Bonchev–Trinajstić information content (AvgIpc) is 1.63. The van der Waals surface area contributed by atoms with Crippen LogP contribution in [0.1, 0.15) is 0 Å². The van der Waals surface area contributed by atoms with Crippen molar-refractivity contribution in [1.29, 1.82) is 0 Å². The molecule has 0 heterocycles. The van der Waals surface area contributed by atoms with Gasteiger partial charge in [-0.25, -0.2) is 9.59 Å². The zero-order valence-electron chi connectivity index (χ0n) is 4.12. The van der Waals surface area contributed by atoms with E-state index in [2.05, 4.69) is 0 Å². The molecule has 50 valence electrons. The van der Waals surface area contributed by atoms with Crippen LogP contribution < -0.4 is 5.32 Å². The zero-order valence-corrected chi connectivity index (χ0v) is 4.12. The van der Waals surface area contributed by atoms with E-state index in [9.17, 15) is 14.4 Å². The van der Waals surface area contributed by atoms with Gasteiger partial charge in [-0.05, 0) is 0 Å². The van der Waals surface area contributed by atoms with Crippen molar-refractivity contribution in [2.45, 2.75) is 0 Å². The number of hydrogen-bond acceptors (Lipinski definition) is 3. The van der Waals surface area contributed by atoms with Crippen molar-refractivity contribution in [3.8, 4) is 0 Å². The molecule has 0 saturated carbocycles. The van der Waals surface area contributed by atoms with Crippen molar-refractivity contribution < 1.29 is 24.6 Å². The van der Waals surface area contributed by atoms with Crippen LogP contribution in [0.4, 0.5) is 4.79 Å². The van der Waals surface area contributed by atoms with Gasteiger partial charge in [0, 0.05) is 0 Å². The Balaban J connectivity index is 3.79. The van der Waals surface area contributed by atoms with Gasteiger partial charge in [-0.3, -0.25) is 10.1 Å². The molecule has 0 spiro atoms. The molecule has 0 rings (SSSR count). The number of imide groups is 1. The van der Waals surface area contributed by atoms with Crippen LogP contribution in [0.25, 0.3) is 0 Å². The number of carboxylic acid groups (broad SMARTS) is 2. The lowest BCUT2D eigenvalue weighted by molar-refractivity contribution is -0.149. The molecule has 6 heteroatoms. The fraction of sp³-hybridized carbons (Fsp3) is 0. The molecule has 0 aliphatic heterocycles. The molecule has 0 saturated heterocycles. The smallest absolute Gasteiger partial charge is 0.411 e. The average molecular weight is 133 g/mol. The third kappa shape index (κ3) is 3.03. The summed E-state index contributed by atoms with van der Waals surface area (Å²) in [5.74, 6) is -3.38. The van der Waals surface area contributed by atoms with Gasteiger partial charge in [-0.15, -0.1) is 0 Å². The quantitative estimate of drug-likeness (QED) is 0.362. The largest absolute Gasteiger partial charge is 0.474 e. The van der Waals surface area contributed by atoms with E-state index < -0.39 is 18.0 Å². The lowest BCUT2D eigenvalue weighted by atomic mass is 10.6. The minimum atomic E-state index is -1.82. The predicted octanol–water partition coefficient (Wildman–Crippen LogP) is -1.13. The molecule has 0 unspecified atom stereocenters. The minimum absolute atomic E-state index is 1.12. The minimum Gasteiger partial charge on any atom is -0.474 e. The van der Waals surface area contributed by atoms with Gasteiger partial charge in [0.1, 0.15) is 0 Å². The molecule has 0 atom stereocenters. The Bertz CT molecular complexity index is 162. The van der Waals surface area contributed by atoms with Gasteiger partial charge in [0.15, 0.2) is 0 Å². The maximum absolute atomic E-state index is 9.86. The van der Waals surface area contributed by atoms with Crippen LogP contribution in [0.2, 0.25) is 0 Å². The van der Waals surface area contributed by atoms with Gasteiger partial charge >= 0.3 is 18.0 Å². The molecule has 0 aromatic carbocycles. The zero-order chi connectivity index (χ0) is 7.44. The van der Waals surface area contributed by atoms with Crippen molar-refractivity contribution in [3.05, 3.63) is 0 Å². The van der Waals surface area contributed by atoms with Crippen LogP contribution in [0, 0.1) is 0 Å². The molecule has 2 amide bonds. The lowest BCUT2D eigenvalue weighted by Gasteiger charge is -1.89. The molecule has 0 fully saturated rings. The summed E-state index contributed by atoms with van der Waals surface area (Å²) in [6.45, 7) is 0.